The molecule has 23 heavy (non-hydrogen) atoms. The molecule has 5 heteroatoms. The number of carbonyl (C=O) groups is 2. The van der Waals surface area contributed by atoms with Gasteiger partial charge in [-0.2, -0.15) is 0 Å². The van der Waals surface area contributed by atoms with Gasteiger partial charge in [-0.05, 0) is 30.4 Å². The van der Waals surface area contributed by atoms with E-state index in [1.807, 2.05) is 18.2 Å². The van der Waals surface area contributed by atoms with Gasteiger partial charge in [0.2, 0.25) is 11.8 Å². The second kappa shape index (κ2) is 8.67. The summed E-state index contributed by atoms with van der Waals surface area (Å²) in [5.74, 6) is 0.253. The van der Waals surface area contributed by atoms with Crippen LogP contribution in [-0.4, -0.2) is 31.6 Å². The van der Waals surface area contributed by atoms with Crippen LogP contribution in [0.5, 0.6) is 0 Å². The summed E-state index contributed by atoms with van der Waals surface area (Å²) in [6.07, 6.45) is 5.04. The van der Waals surface area contributed by atoms with E-state index in [1.165, 1.54) is 19.3 Å². The van der Waals surface area contributed by atoms with E-state index in [0.29, 0.717) is 11.6 Å². The SMILES string of the molecule is CNC(=O)Cc1ccccc1NC(=O)CO[C@@H]1CCCC[C@@H]1C. The van der Waals surface area contributed by atoms with Crippen LogP contribution in [0.15, 0.2) is 24.3 Å². The van der Waals surface area contributed by atoms with Crippen molar-refractivity contribution < 1.29 is 14.3 Å². The van der Waals surface area contributed by atoms with Crippen molar-refractivity contribution in [3.8, 4) is 0 Å². The number of para-hydroxylation sites is 1. The third kappa shape index (κ3) is 5.36. The first-order valence-electron chi connectivity index (χ1n) is 8.30. The van der Waals surface area contributed by atoms with Gasteiger partial charge in [0.15, 0.2) is 0 Å². The Morgan fingerprint density at radius 3 is 2.65 bits per heavy atom. The Kier molecular flexibility index (Phi) is 6.59. The van der Waals surface area contributed by atoms with Crippen molar-refractivity contribution in [1.82, 2.24) is 5.32 Å². The van der Waals surface area contributed by atoms with Crippen LogP contribution in [0.4, 0.5) is 5.69 Å². The van der Waals surface area contributed by atoms with Gasteiger partial charge in [0.05, 0.1) is 12.5 Å². The third-order valence-electron chi connectivity index (χ3n) is 4.38. The molecule has 0 aromatic heterocycles. The van der Waals surface area contributed by atoms with Crippen molar-refractivity contribution in [3.63, 3.8) is 0 Å². The third-order valence-corrected chi connectivity index (χ3v) is 4.38. The molecule has 5 nitrogen and oxygen atoms in total. The lowest BCUT2D eigenvalue weighted by Gasteiger charge is -2.28. The molecule has 2 N–H and O–H groups in total. The van der Waals surface area contributed by atoms with Gasteiger partial charge in [0.1, 0.15) is 6.61 Å². The average Bonchev–Trinajstić information content (AvgIpc) is 2.56. The molecule has 2 amide bonds. The van der Waals surface area contributed by atoms with Gasteiger partial charge in [-0.3, -0.25) is 9.59 Å². The zero-order valence-electron chi connectivity index (χ0n) is 13.9. The van der Waals surface area contributed by atoms with E-state index in [-0.39, 0.29) is 30.9 Å². The Hall–Kier alpha value is -1.88. The molecule has 0 unspecified atom stereocenters. The van der Waals surface area contributed by atoms with Crippen LogP contribution in [0.2, 0.25) is 0 Å². The molecule has 1 aliphatic rings. The molecule has 1 saturated carbocycles. The molecule has 0 radical (unpaired) electrons. The predicted molar refractivity (Wildman–Crippen MR) is 90.2 cm³/mol. The molecule has 0 saturated heterocycles. The zero-order valence-corrected chi connectivity index (χ0v) is 13.9. The van der Waals surface area contributed by atoms with Gasteiger partial charge in [-0.15, -0.1) is 0 Å². The first-order chi connectivity index (χ1) is 11.1. The summed E-state index contributed by atoms with van der Waals surface area (Å²) in [7, 11) is 1.60. The number of hydrogen-bond acceptors (Lipinski definition) is 3. The minimum Gasteiger partial charge on any atom is -0.368 e. The lowest BCUT2D eigenvalue weighted by atomic mass is 9.88. The summed E-state index contributed by atoms with van der Waals surface area (Å²) < 4.78 is 5.78. The summed E-state index contributed by atoms with van der Waals surface area (Å²) in [6, 6.07) is 7.34. The van der Waals surface area contributed by atoms with Crippen LogP contribution >= 0.6 is 0 Å². The van der Waals surface area contributed by atoms with Gasteiger partial charge in [-0.1, -0.05) is 38.0 Å². The summed E-state index contributed by atoms with van der Waals surface area (Å²) in [5.41, 5.74) is 1.47. The fourth-order valence-electron chi connectivity index (χ4n) is 2.96. The molecule has 0 spiro atoms. The number of carbonyl (C=O) groups excluding carboxylic acids is 2. The van der Waals surface area contributed by atoms with Crippen LogP contribution < -0.4 is 10.6 Å². The van der Waals surface area contributed by atoms with Gasteiger partial charge >= 0.3 is 0 Å². The first kappa shape index (κ1) is 17.5. The van der Waals surface area contributed by atoms with Crippen molar-refractivity contribution in [3.05, 3.63) is 29.8 Å². The molecule has 1 fully saturated rings. The lowest BCUT2D eigenvalue weighted by molar-refractivity contribution is -0.124. The van der Waals surface area contributed by atoms with Gasteiger partial charge < -0.3 is 15.4 Å². The maximum absolute atomic E-state index is 12.1. The maximum Gasteiger partial charge on any atom is 0.250 e. The second-order valence-corrected chi connectivity index (χ2v) is 6.17. The number of hydrogen-bond donors (Lipinski definition) is 2. The van der Waals surface area contributed by atoms with Crippen LogP contribution in [-0.2, 0) is 20.7 Å². The average molecular weight is 318 g/mol. The van der Waals surface area contributed by atoms with Crippen molar-refractivity contribution in [1.29, 1.82) is 0 Å². The van der Waals surface area contributed by atoms with E-state index in [4.69, 9.17) is 4.74 Å². The molecule has 126 valence electrons. The summed E-state index contributed by atoms with van der Waals surface area (Å²) in [5, 5.41) is 5.44. The highest BCUT2D eigenvalue weighted by Gasteiger charge is 2.22. The van der Waals surface area contributed by atoms with Crippen LogP contribution in [0.25, 0.3) is 0 Å². The Morgan fingerprint density at radius 2 is 1.91 bits per heavy atom. The fourth-order valence-corrected chi connectivity index (χ4v) is 2.96. The van der Waals surface area contributed by atoms with E-state index >= 15 is 0 Å². The molecule has 2 atom stereocenters. The standard InChI is InChI=1S/C18H26N2O3/c1-13-7-3-6-10-16(13)23-12-18(22)20-15-9-5-4-8-14(15)11-17(21)19-2/h4-5,8-9,13,16H,3,6-7,10-12H2,1-2H3,(H,19,21)(H,20,22)/t13-,16+/m0/s1. The van der Waals surface area contributed by atoms with E-state index in [2.05, 4.69) is 17.6 Å². The van der Waals surface area contributed by atoms with Crippen molar-refractivity contribution in [2.24, 2.45) is 5.92 Å². The van der Waals surface area contributed by atoms with E-state index in [9.17, 15) is 9.59 Å². The van der Waals surface area contributed by atoms with Crippen molar-refractivity contribution in [2.75, 3.05) is 19.0 Å². The molecule has 2 rings (SSSR count). The number of nitrogens with one attached hydrogen (secondary N) is 2. The fraction of sp³-hybridized carbons (Fsp3) is 0.556. The predicted octanol–water partition coefficient (Wildman–Crippen LogP) is 2.51. The maximum atomic E-state index is 12.1. The molecule has 0 aliphatic heterocycles. The first-order valence-corrected chi connectivity index (χ1v) is 8.30. The number of amides is 2. The summed E-state index contributed by atoms with van der Waals surface area (Å²) >= 11 is 0. The van der Waals surface area contributed by atoms with Gasteiger partial charge in [0.25, 0.3) is 0 Å². The highest BCUT2D eigenvalue weighted by Crippen LogP contribution is 2.26. The second-order valence-electron chi connectivity index (χ2n) is 6.17. The van der Waals surface area contributed by atoms with Crippen molar-refractivity contribution >= 4 is 17.5 Å². The molecule has 1 aromatic carbocycles. The molecular weight excluding hydrogens is 292 g/mol. The van der Waals surface area contributed by atoms with Gasteiger partial charge in [-0.25, -0.2) is 0 Å². The molecule has 0 heterocycles. The highest BCUT2D eigenvalue weighted by molar-refractivity contribution is 5.93. The molecule has 1 aliphatic carbocycles. The number of anilines is 1. The van der Waals surface area contributed by atoms with E-state index < -0.39 is 0 Å². The summed E-state index contributed by atoms with van der Waals surface area (Å²) in [6.45, 7) is 2.24. The number of ether oxygens (including phenoxy) is 1. The normalized spacial score (nSPS) is 20.8. The Balaban J connectivity index is 1.88. The minimum absolute atomic E-state index is 0.0588. The molecule has 1 aromatic rings. The number of benzene rings is 1. The number of rotatable bonds is 6. The van der Waals surface area contributed by atoms with Crippen LogP contribution in [0, 0.1) is 5.92 Å². The van der Waals surface area contributed by atoms with Gasteiger partial charge in [0, 0.05) is 12.7 Å². The molecular formula is C18H26N2O3. The minimum atomic E-state index is -0.174. The Labute approximate surface area is 137 Å². The topological polar surface area (TPSA) is 67.4 Å². The number of likely N-dealkylation sites (N-methyl/N-ethyl adjacent to an activating group) is 1. The Bertz CT molecular complexity index is 545. The van der Waals surface area contributed by atoms with Crippen LogP contribution in [0.3, 0.4) is 0 Å². The monoisotopic (exact) mass is 318 g/mol. The lowest BCUT2D eigenvalue weighted by Crippen LogP contribution is -2.30. The zero-order chi connectivity index (χ0) is 16.7. The smallest absolute Gasteiger partial charge is 0.250 e. The van der Waals surface area contributed by atoms with E-state index in [0.717, 1.165) is 12.0 Å². The summed E-state index contributed by atoms with van der Waals surface area (Å²) in [4.78, 5) is 23.7. The molecule has 0 bridgehead atoms. The van der Waals surface area contributed by atoms with E-state index in [1.54, 1.807) is 13.1 Å². The highest BCUT2D eigenvalue weighted by atomic mass is 16.5. The van der Waals surface area contributed by atoms with Crippen LogP contribution in [0.1, 0.15) is 38.2 Å². The Morgan fingerprint density at radius 1 is 1.17 bits per heavy atom. The quantitative estimate of drug-likeness (QED) is 0.847. The largest absolute Gasteiger partial charge is 0.368 e. The van der Waals surface area contributed by atoms with Crippen molar-refractivity contribution in [2.45, 2.75) is 45.1 Å².